The van der Waals surface area contributed by atoms with Crippen LogP contribution in [-0.2, 0) is 6.54 Å². The maximum absolute atomic E-state index is 5.55. The SMILES string of the molecule is CCOc1ccc(CNC[C@@H]2CCCN2CC)cc1OC. The number of nitrogens with one attached hydrogen (secondary N) is 1. The smallest absolute Gasteiger partial charge is 0.161 e. The van der Waals surface area contributed by atoms with Crippen LogP contribution < -0.4 is 14.8 Å². The molecule has 1 aromatic rings. The van der Waals surface area contributed by atoms with Gasteiger partial charge in [-0.3, -0.25) is 4.90 Å². The number of hydrogen-bond acceptors (Lipinski definition) is 4. The average molecular weight is 292 g/mol. The fourth-order valence-corrected chi connectivity index (χ4v) is 3.02. The predicted molar refractivity (Wildman–Crippen MR) is 86.1 cm³/mol. The molecule has 1 aromatic carbocycles. The highest BCUT2D eigenvalue weighted by molar-refractivity contribution is 5.42. The monoisotopic (exact) mass is 292 g/mol. The van der Waals surface area contributed by atoms with E-state index in [2.05, 4.69) is 29.3 Å². The van der Waals surface area contributed by atoms with E-state index in [1.54, 1.807) is 7.11 Å². The highest BCUT2D eigenvalue weighted by Gasteiger charge is 2.22. The summed E-state index contributed by atoms with van der Waals surface area (Å²) < 4.78 is 10.9. The van der Waals surface area contributed by atoms with Crippen molar-refractivity contribution in [3.8, 4) is 11.5 Å². The molecule has 0 aliphatic carbocycles. The first-order valence-corrected chi connectivity index (χ1v) is 8.03. The molecular weight excluding hydrogens is 264 g/mol. The lowest BCUT2D eigenvalue weighted by Gasteiger charge is -2.23. The largest absolute Gasteiger partial charge is 0.493 e. The second kappa shape index (κ2) is 8.25. The van der Waals surface area contributed by atoms with Crippen molar-refractivity contribution in [1.82, 2.24) is 10.2 Å². The Kier molecular flexibility index (Phi) is 6.33. The molecule has 4 nitrogen and oxygen atoms in total. The molecule has 1 N–H and O–H groups in total. The minimum atomic E-state index is 0.655. The number of likely N-dealkylation sites (N-methyl/N-ethyl adjacent to an activating group) is 1. The predicted octanol–water partition coefficient (Wildman–Crippen LogP) is 2.67. The summed E-state index contributed by atoms with van der Waals surface area (Å²) in [6.45, 7) is 9.22. The van der Waals surface area contributed by atoms with Crippen molar-refractivity contribution >= 4 is 0 Å². The Hall–Kier alpha value is -1.26. The van der Waals surface area contributed by atoms with E-state index in [9.17, 15) is 0 Å². The molecular formula is C17H28N2O2. The summed E-state index contributed by atoms with van der Waals surface area (Å²) in [6.07, 6.45) is 2.64. The van der Waals surface area contributed by atoms with E-state index in [1.165, 1.54) is 24.9 Å². The first kappa shape index (κ1) is 16.1. The third-order valence-electron chi connectivity index (χ3n) is 4.14. The average Bonchev–Trinajstić information content (AvgIpc) is 2.96. The van der Waals surface area contributed by atoms with E-state index >= 15 is 0 Å². The van der Waals surface area contributed by atoms with Crippen molar-refractivity contribution in [1.29, 1.82) is 0 Å². The Balaban J connectivity index is 1.85. The van der Waals surface area contributed by atoms with Gasteiger partial charge in [-0.1, -0.05) is 13.0 Å². The second-order valence-electron chi connectivity index (χ2n) is 5.47. The van der Waals surface area contributed by atoms with E-state index < -0.39 is 0 Å². The van der Waals surface area contributed by atoms with Crippen molar-refractivity contribution in [2.24, 2.45) is 0 Å². The molecule has 1 atom stereocenters. The zero-order valence-electron chi connectivity index (χ0n) is 13.5. The highest BCUT2D eigenvalue weighted by atomic mass is 16.5. The van der Waals surface area contributed by atoms with E-state index in [-0.39, 0.29) is 0 Å². The molecule has 2 rings (SSSR count). The third kappa shape index (κ3) is 4.35. The Morgan fingerprint density at radius 2 is 2.14 bits per heavy atom. The number of likely N-dealkylation sites (tertiary alicyclic amines) is 1. The maximum Gasteiger partial charge on any atom is 0.161 e. The Morgan fingerprint density at radius 3 is 2.86 bits per heavy atom. The molecule has 1 saturated heterocycles. The summed E-state index contributed by atoms with van der Waals surface area (Å²) in [4.78, 5) is 2.56. The van der Waals surface area contributed by atoms with Gasteiger partial charge in [0.2, 0.25) is 0 Å². The normalized spacial score (nSPS) is 18.9. The van der Waals surface area contributed by atoms with Crippen LogP contribution >= 0.6 is 0 Å². The van der Waals surface area contributed by atoms with Crippen molar-refractivity contribution in [2.75, 3.05) is 33.4 Å². The Morgan fingerprint density at radius 1 is 1.29 bits per heavy atom. The van der Waals surface area contributed by atoms with Gasteiger partial charge in [-0.2, -0.15) is 0 Å². The number of ether oxygens (including phenoxy) is 2. The third-order valence-corrected chi connectivity index (χ3v) is 4.14. The molecule has 0 bridgehead atoms. The van der Waals surface area contributed by atoms with Crippen LogP contribution in [0.3, 0.4) is 0 Å². The van der Waals surface area contributed by atoms with Crippen molar-refractivity contribution in [3.63, 3.8) is 0 Å². The van der Waals surface area contributed by atoms with Crippen LogP contribution in [0.2, 0.25) is 0 Å². The molecule has 1 fully saturated rings. The molecule has 1 aliphatic rings. The Labute approximate surface area is 128 Å². The fraction of sp³-hybridized carbons (Fsp3) is 0.647. The lowest BCUT2D eigenvalue weighted by molar-refractivity contribution is 0.260. The van der Waals surface area contributed by atoms with Crippen LogP contribution in [0.25, 0.3) is 0 Å². The molecule has 0 amide bonds. The van der Waals surface area contributed by atoms with Crippen LogP contribution in [-0.4, -0.2) is 44.3 Å². The first-order chi connectivity index (χ1) is 10.3. The molecule has 118 valence electrons. The van der Waals surface area contributed by atoms with Crippen LogP contribution in [0.1, 0.15) is 32.3 Å². The van der Waals surface area contributed by atoms with E-state index in [1.807, 2.05) is 13.0 Å². The maximum atomic E-state index is 5.55. The Bertz CT molecular complexity index is 437. The van der Waals surface area contributed by atoms with Gasteiger partial charge in [0, 0.05) is 19.1 Å². The topological polar surface area (TPSA) is 33.7 Å². The van der Waals surface area contributed by atoms with E-state index in [4.69, 9.17) is 9.47 Å². The van der Waals surface area contributed by atoms with Crippen LogP contribution in [0.5, 0.6) is 11.5 Å². The zero-order chi connectivity index (χ0) is 15.1. The van der Waals surface area contributed by atoms with Crippen molar-refractivity contribution in [2.45, 2.75) is 39.3 Å². The highest BCUT2D eigenvalue weighted by Crippen LogP contribution is 2.28. The quantitative estimate of drug-likeness (QED) is 0.799. The lowest BCUT2D eigenvalue weighted by Crippen LogP contribution is -2.37. The molecule has 4 heteroatoms. The number of nitrogens with zero attached hydrogens (tertiary/aromatic N) is 1. The van der Waals surface area contributed by atoms with Gasteiger partial charge in [0.15, 0.2) is 11.5 Å². The van der Waals surface area contributed by atoms with Crippen molar-refractivity contribution < 1.29 is 9.47 Å². The van der Waals surface area contributed by atoms with Crippen LogP contribution in [0.15, 0.2) is 18.2 Å². The summed E-state index contributed by atoms with van der Waals surface area (Å²) >= 11 is 0. The van der Waals surface area contributed by atoms with Gasteiger partial charge in [0.05, 0.1) is 13.7 Å². The van der Waals surface area contributed by atoms with E-state index in [0.29, 0.717) is 12.6 Å². The van der Waals surface area contributed by atoms with Gasteiger partial charge in [-0.15, -0.1) is 0 Å². The summed E-state index contributed by atoms with van der Waals surface area (Å²) in [5.41, 5.74) is 1.23. The van der Waals surface area contributed by atoms with Gasteiger partial charge in [0.1, 0.15) is 0 Å². The summed E-state index contributed by atoms with van der Waals surface area (Å²) in [6, 6.07) is 6.85. The van der Waals surface area contributed by atoms with E-state index in [0.717, 1.165) is 31.1 Å². The van der Waals surface area contributed by atoms with Gasteiger partial charge in [-0.25, -0.2) is 0 Å². The molecule has 1 heterocycles. The summed E-state index contributed by atoms with van der Waals surface area (Å²) in [5, 5.41) is 3.57. The second-order valence-corrected chi connectivity index (χ2v) is 5.47. The minimum absolute atomic E-state index is 0.655. The van der Waals surface area contributed by atoms with Gasteiger partial charge < -0.3 is 14.8 Å². The number of benzene rings is 1. The standard InChI is InChI=1S/C17H28N2O2/c1-4-19-10-6-7-15(19)13-18-12-14-8-9-16(21-5-2)17(11-14)20-3/h8-9,11,15,18H,4-7,10,12-13H2,1-3H3/t15-/m0/s1. The number of methoxy groups -OCH3 is 1. The fourth-order valence-electron chi connectivity index (χ4n) is 3.02. The number of hydrogen-bond donors (Lipinski definition) is 1. The van der Waals surface area contributed by atoms with Crippen LogP contribution in [0.4, 0.5) is 0 Å². The van der Waals surface area contributed by atoms with Gasteiger partial charge in [-0.05, 0) is 50.6 Å². The summed E-state index contributed by atoms with van der Waals surface area (Å²) in [7, 11) is 1.69. The molecule has 0 aromatic heterocycles. The van der Waals surface area contributed by atoms with Gasteiger partial charge in [0.25, 0.3) is 0 Å². The molecule has 1 aliphatic heterocycles. The summed E-state index contributed by atoms with van der Waals surface area (Å²) in [5.74, 6) is 1.63. The minimum Gasteiger partial charge on any atom is -0.493 e. The molecule has 0 spiro atoms. The van der Waals surface area contributed by atoms with Crippen molar-refractivity contribution in [3.05, 3.63) is 23.8 Å². The molecule has 0 saturated carbocycles. The number of rotatable bonds is 8. The molecule has 0 radical (unpaired) electrons. The van der Waals surface area contributed by atoms with Crippen LogP contribution in [0, 0.1) is 0 Å². The van der Waals surface area contributed by atoms with Gasteiger partial charge >= 0.3 is 0 Å². The first-order valence-electron chi connectivity index (χ1n) is 8.03. The lowest BCUT2D eigenvalue weighted by atomic mass is 10.2. The zero-order valence-corrected chi connectivity index (χ0v) is 13.5. The molecule has 0 unspecified atom stereocenters. The molecule has 21 heavy (non-hydrogen) atoms.